The van der Waals surface area contributed by atoms with E-state index in [2.05, 4.69) is 5.32 Å². The van der Waals surface area contributed by atoms with Crippen LogP contribution in [0.3, 0.4) is 0 Å². The van der Waals surface area contributed by atoms with Crippen LogP contribution in [0.1, 0.15) is 34.6 Å². The highest BCUT2D eigenvalue weighted by molar-refractivity contribution is 7.92. The standard InChI is InChI=1S/C12H21NO4S/c1-8(14)10(15)18(16,17)7-9-6-11(2,3)13-12(9,4)5/h6,10,13,15H,7H2,1-5H3. The number of aliphatic hydroxyl groups excluding tert-OH is 1. The molecule has 0 aromatic carbocycles. The highest BCUT2D eigenvalue weighted by atomic mass is 32.2. The molecule has 1 aliphatic heterocycles. The summed E-state index contributed by atoms with van der Waals surface area (Å²) in [5.41, 5.74) is -2.02. The van der Waals surface area contributed by atoms with Crippen LogP contribution < -0.4 is 5.32 Å². The van der Waals surface area contributed by atoms with Crippen LogP contribution in [0.4, 0.5) is 0 Å². The van der Waals surface area contributed by atoms with Crippen molar-refractivity contribution in [2.45, 2.75) is 51.1 Å². The first-order valence-corrected chi connectivity index (χ1v) is 7.51. The van der Waals surface area contributed by atoms with Crippen molar-refractivity contribution in [3.63, 3.8) is 0 Å². The van der Waals surface area contributed by atoms with Crippen molar-refractivity contribution >= 4 is 15.6 Å². The number of ketones is 1. The zero-order chi connectivity index (χ0) is 14.4. The van der Waals surface area contributed by atoms with Gasteiger partial charge in [0.2, 0.25) is 5.44 Å². The third-order valence-corrected chi connectivity index (χ3v) is 4.74. The van der Waals surface area contributed by atoms with Gasteiger partial charge in [0.1, 0.15) is 0 Å². The number of aliphatic hydroxyl groups is 1. The molecule has 1 heterocycles. The van der Waals surface area contributed by atoms with Crippen molar-refractivity contribution < 1.29 is 18.3 Å². The summed E-state index contributed by atoms with van der Waals surface area (Å²) < 4.78 is 23.8. The summed E-state index contributed by atoms with van der Waals surface area (Å²) in [6.07, 6.45) is 1.84. The van der Waals surface area contributed by atoms with Crippen LogP contribution in [-0.4, -0.2) is 41.6 Å². The van der Waals surface area contributed by atoms with E-state index < -0.39 is 26.6 Å². The van der Waals surface area contributed by atoms with Crippen molar-refractivity contribution in [2.75, 3.05) is 5.75 Å². The van der Waals surface area contributed by atoms with Gasteiger partial charge in [0, 0.05) is 11.1 Å². The van der Waals surface area contributed by atoms with Gasteiger partial charge in [0.15, 0.2) is 15.6 Å². The highest BCUT2D eigenvalue weighted by Gasteiger charge is 2.40. The number of carbonyl (C=O) groups is 1. The molecule has 104 valence electrons. The van der Waals surface area contributed by atoms with Gasteiger partial charge in [0.05, 0.1) is 5.75 Å². The Morgan fingerprint density at radius 2 is 1.89 bits per heavy atom. The molecule has 0 aromatic heterocycles. The summed E-state index contributed by atoms with van der Waals surface area (Å²) in [5.74, 6) is -1.06. The minimum absolute atomic E-state index is 0.296. The van der Waals surface area contributed by atoms with Gasteiger partial charge >= 0.3 is 0 Å². The van der Waals surface area contributed by atoms with Gasteiger partial charge in [-0.2, -0.15) is 0 Å². The first-order chi connectivity index (χ1) is 7.87. The Morgan fingerprint density at radius 3 is 2.22 bits per heavy atom. The number of nitrogens with one attached hydrogen (secondary N) is 1. The number of Topliss-reactive ketones (excluding diaryl/α,β-unsaturated/α-hetero) is 1. The summed E-state index contributed by atoms with van der Waals surface area (Å²) in [5, 5.41) is 12.7. The first kappa shape index (κ1) is 15.3. The Hall–Kier alpha value is -0.720. The van der Waals surface area contributed by atoms with E-state index in [0.29, 0.717) is 5.57 Å². The van der Waals surface area contributed by atoms with E-state index in [1.807, 2.05) is 33.8 Å². The van der Waals surface area contributed by atoms with E-state index in [-0.39, 0.29) is 11.3 Å². The van der Waals surface area contributed by atoms with E-state index in [0.717, 1.165) is 6.92 Å². The average molecular weight is 275 g/mol. The fraction of sp³-hybridized carbons (Fsp3) is 0.750. The molecule has 0 aliphatic carbocycles. The zero-order valence-electron chi connectivity index (χ0n) is 11.4. The Labute approximate surface area is 108 Å². The van der Waals surface area contributed by atoms with E-state index in [4.69, 9.17) is 0 Å². The van der Waals surface area contributed by atoms with E-state index >= 15 is 0 Å². The van der Waals surface area contributed by atoms with Crippen LogP contribution in [0.15, 0.2) is 11.6 Å². The van der Waals surface area contributed by atoms with Crippen molar-refractivity contribution in [2.24, 2.45) is 0 Å². The fourth-order valence-electron chi connectivity index (χ4n) is 2.31. The molecule has 0 aromatic rings. The number of hydrogen-bond donors (Lipinski definition) is 2. The number of sulfone groups is 1. The van der Waals surface area contributed by atoms with Gasteiger partial charge in [-0.15, -0.1) is 0 Å². The average Bonchev–Trinajstić information content (AvgIpc) is 2.31. The lowest BCUT2D eigenvalue weighted by Gasteiger charge is -2.28. The van der Waals surface area contributed by atoms with Gasteiger partial charge in [-0.25, -0.2) is 8.42 Å². The smallest absolute Gasteiger partial charge is 0.214 e. The van der Waals surface area contributed by atoms with Gasteiger partial charge in [-0.3, -0.25) is 10.1 Å². The van der Waals surface area contributed by atoms with Crippen molar-refractivity contribution in [1.29, 1.82) is 0 Å². The van der Waals surface area contributed by atoms with Crippen LogP contribution in [0.5, 0.6) is 0 Å². The summed E-state index contributed by atoms with van der Waals surface area (Å²) in [7, 11) is -3.87. The normalized spacial score (nSPS) is 23.6. The SMILES string of the molecule is CC(=O)C(O)S(=O)(=O)CC1=CC(C)(C)NC1(C)C. The van der Waals surface area contributed by atoms with Crippen LogP contribution in [0, 0.1) is 0 Å². The Balaban J connectivity index is 3.02. The second-order valence-electron chi connectivity index (χ2n) is 5.91. The number of rotatable bonds is 4. The topological polar surface area (TPSA) is 83.5 Å². The predicted octanol–water partition coefficient (Wildman–Crippen LogP) is 0.395. The van der Waals surface area contributed by atoms with E-state index in [1.54, 1.807) is 0 Å². The quantitative estimate of drug-likeness (QED) is 0.725. The van der Waals surface area contributed by atoms with Crippen molar-refractivity contribution in [3.8, 4) is 0 Å². The van der Waals surface area contributed by atoms with Gasteiger partial charge in [-0.1, -0.05) is 6.08 Å². The van der Waals surface area contributed by atoms with Crippen molar-refractivity contribution in [1.82, 2.24) is 5.32 Å². The molecule has 0 saturated carbocycles. The number of carbonyl (C=O) groups excluding carboxylic acids is 1. The second kappa shape index (κ2) is 4.43. The summed E-state index contributed by atoms with van der Waals surface area (Å²) >= 11 is 0. The molecule has 0 spiro atoms. The lowest BCUT2D eigenvalue weighted by atomic mass is 9.99. The fourth-order valence-corrected chi connectivity index (χ4v) is 3.85. The zero-order valence-corrected chi connectivity index (χ0v) is 12.3. The van der Waals surface area contributed by atoms with E-state index in [1.165, 1.54) is 0 Å². The third-order valence-electron chi connectivity index (χ3n) is 3.02. The van der Waals surface area contributed by atoms with Crippen LogP contribution in [0.25, 0.3) is 0 Å². The molecule has 1 atom stereocenters. The molecule has 0 saturated heterocycles. The molecule has 0 amide bonds. The Kier molecular flexibility index (Phi) is 3.78. The Bertz CT molecular complexity index is 488. The Morgan fingerprint density at radius 1 is 1.39 bits per heavy atom. The molecule has 1 unspecified atom stereocenters. The predicted molar refractivity (Wildman–Crippen MR) is 69.9 cm³/mol. The van der Waals surface area contributed by atoms with Crippen LogP contribution in [0.2, 0.25) is 0 Å². The molecular weight excluding hydrogens is 254 g/mol. The minimum Gasteiger partial charge on any atom is -0.371 e. The minimum atomic E-state index is -3.87. The molecule has 0 fully saturated rings. The molecule has 5 nitrogen and oxygen atoms in total. The second-order valence-corrected chi connectivity index (χ2v) is 7.97. The maximum atomic E-state index is 11.9. The first-order valence-electron chi connectivity index (χ1n) is 5.79. The lowest BCUT2D eigenvalue weighted by Crippen LogP contribution is -2.46. The molecule has 6 heteroatoms. The molecule has 0 bridgehead atoms. The van der Waals surface area contributed by atoms with Crippen LogP contribution in [-0.2, 0) is 14.6 Å². The summed E-state index contributed by atoms with van der Waals surface area (Å²) in [6.45, 7) is 8.70. The molecule has 0 radical (unpaired) electrons. The monoisotopic (exact) mass is 275 g/mol. The highest BCUT2D eigenvalue weighted by Crippen LogP contribution is 2.31. The largest absolute Gasteiger partial charge is 0.371 e. The maximum absolute atomic E-state index is 11.9. The van der Waals surface area contributed by atoms with Crippen LogP contribution >= 0.6 is 0 Å². The molecular formula is C12H21NO4S. The van der Waals surface area contributed by atoms with Gasteiger partial charge in [-0.05, 0) is 40.2 Å². The molecule has 1 rings (SSSR count). The van der Waals surface area contributed by atoms with E-state index in [9.17, 15) is 18.3 Å². The van der Waals surface area contributed by atoms with Gasteiger partial charge < -0.3 is 5.11 Å². The van der Waals surface area contributed by atoms with Crippen molar-refractivity contribution in [3.05, 3.63) is 11.6 Å². The third kappa shape index (κ3) is 3.18. The summed E-state index contributed by atoms with van der Waals surface area (Å²) in [4.78, 5) is 11.0. The molecule has 2 N–H and O–H groups in total. The summed E-state index contributed by atoms with van der Waals surface area (Å²) in [6, 6.07) is 0. The molecule has 1 aliphatic rings. The lowest BCUT2D eigenvalue weighted by molar-refractivity contribution is -0.121. The van der Waals surface area contributed by atoms with Gasteiger partial charge in [0.25, 0.3) is 0 Å². The molecule has 18 heavy (non-hydrogen) atoms. The number of hydrogen-bond acceptors (Lipinski definition) is 5. The maximum Gasteiger partial charge on any atom is 0.214 e.